The monoisotopic (exact) mass is 599 g/mol. The molecule has 12 heteroatoms. The van der Waals surface area contributed by atoms with Crippen LogP contribution in [-0.4, -0.2) is 61.0 Å². The van der Waals surface area contributed by atoms with Crippen molar-refractivity contribution in [2.45, 2.75) is 31.5 Å². The van der Waals surface area contributed by atoms with Gasteiger partial charge in [-0.1, -0.05) is 12.1 Å². The molecule has 226 valence electrons. The predicted molar refractivity (Wildman–Crippen MR) is 160 cm³/mol. The standard InChI is InChI=1S/C32H30FN5O6/c1-42-22-6-2-19(3-7-22)15-38-28(40)18-43-25-9-10-26(35-31(25)38)36-17-23(44-32(36)41)12-13-34-14-21-16-37-27(39)11-5-20-4-8-24(33)29(21)30(20)37/h2-11,21,23,34H,12-18H2,1H3. The molecule has 7 rings (SSSR count). The van der Waals surface area contributed by atoms with Gasteiger partial charge in [-0.3, -0.25) is 19.4 Å². The molecule has 1 fully saturated rings. The molecule has 1 N–H and O–H groups in total. The SMILES string of the molecule is COc1ccc(CN2C(=O)COc3ccc(N4CC(CCNCC5Cn6c(=O)ccc7ccc(F)c5c76)OC4=O)nc32)cc1. The molecule has 44 heavy (non-hydrogen) atoms. The number of hydrogen-bond acceptors (Lipinski definition) is 8. The molecule has 0 bridgehead atoms. The number of ether oxygens (including phenoxy) is 3. The molecule has 0 spiro atoms. The Bertz CT molecular complexity index is 1830. The third-order valence-corrected chi connectivity index (χ3v) is 8.36. The van der Waals surface area contributed by atoms with Gasteiger partial charge in [-0.2, -0.15) is 0 Å². The van der Waals surface area contributed by atoms with E-state index in [2.05, 4.69) is 10.3 Å². The summed E-state index contributed by atoms with van der Waals surface area (Å²) in [6, 6.07) is 17.2. The number of amides is 2. The number of rotatable bonds is 9. The van der Waals surface area contributed by atoms with Gasteiger partial charge in [-0.05, 0) is 66.4 Å². The van der Waals surface area contributed by atoms with E-state index in [0.29, 0.717) is 60.3 Å². The van der Waals surface area contributed by atoms with Gasteiger partial charge < -0.3 is 24.1 Å². The Morgan fingerprint density at radius 2 is 1.84 bits per heavy atom. The molecule has 2 atom stereocenters. The van der Waals surface area contributed by atoms with Crippen molar-refractivity contribution in [1.82, 2.24) is 14.9 Å². The van der Waals surface area contributed by atoms with E-state index >= 15 is 0 Å². The van der Waals surface area contributed by atoms with E-state index < -0.39 is 6.09 Å². The molecule has 0 saturated carbocycles. The highest BCUT2D eigenvalue weighted by molar-refractivity contribution is 5.97. The number of halogens is 1. The number of nitrogens with one attached hydrogen (secondary N) is 1. The summed E-state index contributed by atoms with van der Waals surface area (Å²) >= 11 is 0. The van der Waals surface area contributed by atoms with E-state index in [-0.39, 0.29) is 49.0 Å². The summed E-state index contributed by atoms with van der Waals surface area (Å²) in [5.74, 6) is 1.14. The highest BCUT2D eigenvalue weighted by atomic mass is 19.1. The number of benzene rings is 2. The minimum atomic E-state index is -0.522. The molecule has 0 radical (unpaired) electrons. The molecule has 1 saturated heterocycles. The minimum absolute atomic E-state index is 0.101. The Morgan fingerprint density at radius 1 is 1.02 bits per heavy atom. The van der Waals surface area contributed by atoms with Gasteiger partial charge in [0.05, 0.1) is 25.7 Å². The van der Waals surface area contributed by atoms with Crippen LogP contribution in [0.4, 0.5) is 20.8 Å². The summed E-state index contributed by atoms with van der Waals surface area (Å²) < 4.78 is 32.9. The maximum absolute atomic E-state index is 14.8. The summed E-state index contributed by atoms with van der Waals surface area (Å²) in [4.78, 5) is 45.7. The highest BCUT2D eigenvalue weighted by Crippen LogP contribution is 2.36. The fourth-order valence-electron chi connectivity index (χ4n) is 6.14. The average molecular weight is 600 g/mol. The van der Waals surface area contributed by atoms with Crippen LogP contribution in [0, 0.1) is 5.82 Å². The Balaban J connectivity index is 0.986. The molecule has 2 aromatic carbocycles. The van der Waals surface area contributed by atoms with Crippen molar-refractivity contribution in [1.29, 1.82) is 0 Å². The number of anilines is 2. The van der Waals surface area contributed by atoms with Crippen molar-refractivity contribution in [3.8, 4) is 11.5 Å². The van der Waals surface area contributed by atoms with Crippen LogP contribution in [0.25, 0.3) is 10.9 Å². The van der Waals surface area contributed by atoms with Crippen LogP contribution in [0.5, 0.6) is 11.5 Å². The van der Waals surface area contributed by atoms with Gasteiger partial charge in [0, 0.05) is 30.6 Å². The Morgan fingerprint density at radius 3 is 2.66 bits per heavy atom. The third-order valence-electron chi connectivity index (χ3n) is 8.36. The molecule has 2 aromatic heterocycles. The number of methoxy groups -OCH3 is 1. The predicted octanol–water partition coefficient (Wildman–Crippen LogP) is 3.57. The van der Waals surface area contributed by atoms with Crippen molar-refractivity contribution in [3.05, 3.63) is 88.0 Å². The highest BCUT2D eigenvalue weighted by Gasteiger charge is 2.35. The number of carbonyl (C=O) groups excluding carboxylic acids is 2. The third kappa shape index (κ3) is 5.00. The van der Waals surface area contributed by atoms with Crippen LogP contribution in [0.1, 0.15) is 23.5 Å². The van der Waals surface area contributed by atoms with Crippen molar-refractivity contribution in [2.24, 2.45) is 0 Å². The molecule has 4 aromatic rings. The number of nitrogens with zero attached hydrogens (tertiary/aromatic N) is 4. The van der Waals surface area contributed by atoms with Crippen LogP contribution in [0.2, 0.25) is 0 Å². The van der Waals surface area contributed by atoms with Crippen LogP contribution in [-0.2, 0) is 22.6 Å². The van der Waals surface area contributed by atoms with Gasteiger partial charge in [0.2, 0.25) is 0 Å². The second-order valence-electron chi connectivity index (χ2n) is 11.1. The van der Waals surface area contributed by atoms with Crippen molar-refractivity contribution >= 4 is 34.5 Å². The maximum Gasteiger partial charge on any atom is 0.415 e. The van der Waals surface area contributed by atoms with E-state index in [1.54, 1.807) is 40.8 Å². The summed E-state index contributed by atoms with van der Waals surface area (Å²) in [6.45, 7) is 1.89. The number of hydrogen-bond donors (Lipinski definition) is 1. The fraction of sp³-hybridized carbons (Fsp3) is 0.312. The summed E-state index contributed by atoms with van der Waals surface area (Å²) in [7, 11) is 1.59. The first-order valence-electron chi connectivity index (χ1n) is 14.5. The smallest absolute Gasteiger partial charge is 0.415 e. The van der Waals surface area contributed by atoms with Gasteiger partial charge in [-0.15, -0.1) is 0 Å². The van der Waals surface area contributed by atoms with Crippen LogP contribution < -0.4 is 30.1 Å². The fourth-order valence-corrected chi connectivity index (χ4v) is 6.14. The Kier molecular flexibility index (Phi) is 7.13. The molecule has 5 heterocycles. The average Bonchev–Trinajstić information content (AvgIpc) is 3.61. The zero-order valence-corrected chi connectivity index (χ0v) is 24.0. The number of cyclic esters (lactones) is 1. The lowest BCUT2D eigenvalue weighted by molar-refractivity contribution is -0.121. The second-order valence-corrected chi connectivity index (χ2v) is 11.1. The molecular formula is C32H30FN5O6. The lowest BCUT2D eigenvalue weighted by Crippen LogP contribution is -2.39. The maximum atomic E-state index is 14.8. The number of pyridine rings is 2. The summed E-state index contributed by atoms with van der Waals surface area (Å²) in [5, 5.41) is 4.20. The van der Waals surface area contributed by atoms with Gasteiger partial charge in [-0.25, -0.2) is 14.2 Å². The molecule has 11 nitrogen and oxygen atoms in total. The molecule has 3 aliphatic heterocycles. The van der Waals surface area contributed by atoms with Gasteiger partial charge in [0.25, 0.3) is 11.5 Å². The van der Waals surface area contributed by atoms with Crippen molar-refractivity contribution < 1.29 is 28.2 Å². The summed E-state index contributed by atoms with van der Waals surface area (Å²) in [5.41, 5.74) is 1.98. The molecule has 2 unspecified atom stereocenters. The van der Waals surface area contributed by atoms with Crippen LogP contribution >= 0.6 is 0 Å². The number of carbonyl (C=O) groups is 2. The second kappa shape index (κ2) is 11.3. The van der Waals surface area contributed by atoms with Crippen molar-refractivity contribution in [3.63, 3.8) is 0 Å². The molecular weight excluding hydrogens is 569 g/mol. The van der Waals surface area contributed by atoms with E-state index in [9.17, 15) is 18.8 Å². The Labute approximate surface area is 251 Å². The van der Waals surface area contributed by atoms with Gasteiger partial charge in [0.1, 0.15) is 23.5 Å². The zero-order valence-electron chi connectivity index (χ0n) is 24.0. The normalized spacial score (nSPS) is 18.9. The minimum Gasteiger partial charge on any atom is -0.497 e. The van der Waals surface area contributed by atoms with E-state index in [1.807, 2.05) is 24.3 Å². The largest absolute Gasteiger partial charge is 0.497 e. The van der Waals surface area contributed by atoms with E-state index in [1.165, 1.54) is 17.0 Å². The van der Waals surface area contributed by atoms with E-state index in [4.69, 9.17) is 14.2 Å². The first-order chi connectivity index (χ1) is 21.4. The van der Waals surface area contributed by atoms with Crippen LogP contribution in [0.15, 0.2) is 65.5 Å². The van der Waals surface area contributed by atoms with Crippen LogP contribution in [0.3, 0.4) is 0 Å². The zero-order chi connectivity index (χ0) is 30.4. The molecule has 0 aliphatic carbocycles. The first kappa shape index (κ1) is 27.8. The summed E-state index contributed by atoms with van der Waals surface area (Å²) in [6.07, 6.45) is -0.374. The van der Waals surface area contributed by atoms with Crippen molar-refractivity contribution in [2.75, 3.05) is 43.2 Å². The number of fused-ring (bicyclic) bond motifs is 1. The molecule has 3 aliphatic rings. The first-order valence-corrected chi connectivity index (χ1v) is 14.5. The lowest BCUT2D eigenvalue weighted by Gasteiger charge is -2.29. The van der Waals surface area contributed by atoms with Gasteiger partial charge >= 0.3 is 6.09 Å². The van der Waals surface area contributed by atoms with Gasteiger partial charge in [0.15, 0.2) is 18.2 Å². The van der Waals surface area contributed by atoms with E-state index in [0.717, 1.165) is 10.9 Å². The number of aromatic nitrogens is 2. The lowest BCUT2D eigenvalue weighted by atomic mass is 9.99. The topological polar surface area (TPSA) is 115 Å². The Hall–Kier alpha value is -4.97. The quantitative estimate of drug-likeness (QED) is 0.291. The molecule has 2 amide bonds.